The van der Waals surface area contributed by atoms with Gasteiger partial charge in [0.1, 0.15) is 5.75 Å². The quantitative estimate of drug-likeness (QED) is 0.371. The molecule has 1 aromatic carbocycles. The monoisotopic (exact) mass is 165 g/mol. The Hall–Kier alpha value is -1.93. The molecule has 0 fully saturated rings. The summed E-state index contributed by atoms with van der Waals surface area (Å²) in [6.07, 6.45) is 1.37. The van der Waals surface area contributed by atoms with Crippen LogP contribution in [0.2, 0.25) is 0 Å². The van der Waals surface area contributed by atoms with Crippen molar-refractivity contribution in [2.24, 2.45) is 0 Å². The maximum absolute atomic E-state index is 10.1. The van der Waals surface area contributed by atoms with Gasteiger partial charge in [0.2, 0.25) is 6.08 Å². The lowest BCUT2D eigenvalue weighted by molar-refractivity contribution is 0.112. The van der Waals surface area contributed by atoms with E-state index in [1.165, 1.54) is 6.07 Å². The number of rotatable bonds is 1. The van der Waals surface area contributed by atoms with Crippen LogP contribution in [0.3, 0.4) is 0 Å². The zero-order valence-electron chi connectivity index (χ0n) is 6.15. The Morgan fingerprint density at radius 3 is 2.25 bits per heavy atom. The Bertz CT molecular complexity index is 290. The highest BCUT2D eigenvalue weighted by Crippen LogP contribution is 2.11. The average molecular weight is 165 g/mol. The van der Waals surface area contributed by atoms with Crippen LogP contribution in [0, 0.1) is 5.41 Å². The number of benzene rings is 1. The first-order valence-corrected chi connectivity index (χ1v) is 3.03. The van der Waals surface area contributed by atoms with Crippen molar-refractivity contribution in [2.45, 2.75) is 0 Å². The maximum Gasteiger partial charge on any atom is 0.231 e. The van der Waals surface area contributed by atoms with E-state index in [2.05, 4.69) is 0 Å². The second-order valence-corrected chi connectivity index (χ2v) is 1.78. The van der Waals surface area contributed by atoms with Gasteiger partial charge in [0.25, 0.3) is 0 Å². The first-order chi connectivity index (χ1) is 5.76. The van der Waals surface area contributed by atoms with Gasteiger partial charge in [-0.2, -0.15) is 0 Å². The fourth-order valence-corrected chi connectivity index (χ4v) is 0.587. The molecule has 0 saturated carbocycles. The van der Waals surface area contributed by atoms with Crippen LogP contribution in [0.15, 0.2) is 24.3 Å². The summed E-state index contributed by atoms with van der Waals surface area (Å²) < 4.78 is 0. The number of nitrogens with one attached hydrogen (secondary N) is 1. The molecule has 0 aliphatic carbocycles. The molecule has 4 nitrogen and oxygen atoms in total. The lowest BCUT2D eigenvalue weighted by Crippen LogP contribution is -1.77. The van der Waals surface area contributed by atoms with Gasteiger partial charge in [-0.25, -0.2) is 10.2 Å². The van der Waals surface area contributed by atoms with Crippen LogP contribution >= 0.6 is 0 Å². The van der Waals surface area contributed by atoms with Crippen LogP contribution < -0.4 is 0 Å². The van der Waals surface area contributed by atoms with Crippen LogP contribution in [-0.4, -0.2) is 17.5 Å². The summed E-state index contributed by atoms with van der Waals surface area (Å²) in [6, 6.07) is 6.40. The molecule has 0 radical (unpaired) electrons. The number of aldehydes is 1. The van der Waals surface area contributed by atoms with Crippen LogP contribution in [0.1, 0.15) is 10.4 Å². The van der Waals surface area contributed by atoms with Gasteiger partial charge >= 0.3 is 0 Å². The molecule has 0 bridgehead atoms. The Labute approximate surface area is 69.0 Å². The van der Waals surface area contributed by atoms with Crippen LogP contribution in [0.25, 0.3) is 0 Å². The molecule has 0 spiro atoms. The maximum atomic E-state index is 10.1. The van der Waals surface area contributed by atoms with Gasteiger partial charge in [0.05, 0.1) is 5.56 Å². The van der Waals surface area contributed by atoms with Crippen molar-refractivity contribution in [1.29, 1.82) is 5.41 Å². The normalized spacial score (nSPS) is 7.33. The Morgan fingerprint density at radius 2 is 1.92 bits per heavy atom. The van der Waals surface area contributed by atoms with E-state index in [1.807, 2.05) is 0 Å². The SMILES string of the molecule is N=C=O.O=Cc1ccccc1O. The van der Waals surface area contributed by atoms with Gasteiger partial charge in [-0.1, -0.05) is 12.1 Å². The van der Waals surface area contributed by atoms with Gasteiger partial charge in [0, 0.05) is 0 Å². The average Bonchev–Trinajstić information content (AvgIpc) is 2.07. The third-order valence-corrected chi connectivity index (χ3v) is 1.06. The Morgan fingerprint density at radius 1 is 1.42 bits per heavy atom. The van der Waals surface area contributed by atoms with Gasteiger partial charge in [-0.15, -0.1) is 0 Å². The lowest BCUT2D eigenvalue weighted by atomic mass is 10.2. The molecule has 0 saturated heterocycles. The minimum absolute atomic E-state index is 0.0347. The van der Waals surface area contributed by atoms with Gasteiger partial charge in [-0.3, -0.25) is 4.79 Å². The van der Waals surface area contributed by atoms with Crippen molar-refractivity contribution in [2.75, 3.05) is 0 Å². The Balaban J connectivity index is 0.000000354. The first-order valence-electron chi connectivity index (χ1n) is 3.03. The highest BCUT2D eigenvalue weighted by molar-refractivity contribution is 5.78. The highest BCUT2D eigenvalue weighted by atomic mass is 16.3. The van der Waals surface area contributed by atoms with Gasteiger partial charge in [-0.05, 0) is 12.1 Å². The van der Waals surface area contributed by atoms with E-state index in [9.17, 15) is 4.79 Å². The standard InChI is InChI=1S/C7H6O2.CHNO/c8-5-6-3-1-2-4-7(6)9;2-1-3/h1-5,9H;2H. The minimum atomic E-state index is 0.0347. The number of phenolic OH excluding ortho intramolecular Hbond substituents is 1. The molecule has 0 heterocycles. The first kappa shape index (κ1) is 10.1. The zero-order valence-corrected chi connectivity index (χ0v) is 6.15. The van der Waals surface area contributed by atoms with E-state index in [-0.39, 0.29) is 5.75 Å². The number of carbonyl (C=O) groups is 1. The van der Waals surface area contributed by atoms with Crippen LogP contribution in [0.5, 0.6) is 5.75 Å². The lowest BCUT2D eigenvalue weighted by Gasteiger charge is -1.91. The zero-order chi connectivity index (χ0) is 9.40. The summed E-state index contributed by atoms with van der Waals surface area (Å²) in [7, 11) is 0. The molecule has 62 valence electrons. The second-order valence-electron chi connectivity index (χ2n) is 1.78. The molecule has 1 aromatic rings. The number of aromatic hydroxyl groups is 1. The number of hydrogen-bond donors (Lipinski definition) is 2. The predicted octanol–water partition coefficient (Wildman–Crippen LogP) is 1.11. The molecule has 4 heteroatoms. The molecule has 0 amide bonds. The molecule has 0 aliphatic rings. The highest BCUT2D eigenvalue weighted by Gasteiger charge is 1.93. The van der Waals surface area contributed by atoms with Gasteiger partial charge < -0.3 is 5.11 Å². The summed E-state index contributed by atoms with van der Waals surface area (Å²) in [6.45, 7) is 0. The van der Waals surface area contributed by atoms with Crippen LogP contribution in [0.4, 0.5) is 0 Å². The van der Waals surface area contributed by atoms with E-state index in [1.54, 1.807) is 18.2 Å². The molecule has 0 unspecified atom stereocenters. The molecule has 12 heavy (non-hydrogen) atoms. The predicted molar refractivity (Wildman–Crippen MR) is 41.9 cm³/mol. The van der Waals surface area contributed by atoms with E-state index < -0.39 is 0 Å². The number of phenols is 1. The van der Waals surface area contributed by atoms with Crippen molar-refractivity contribution in [3.05, 3.63) is 29.8 Å². The number of isocyanates is 1. The second kappa shape index (κ2) is 5.82. The molecule has 0 aliphatic heterocycles. The molecule has 0 atom stereocenters. The van der Waals surface area contributed by atoms with E-state index >= 15 is 0 Å². The van der Waals surface area contributed by atoms with Crippen molar-refractivity contribution in [3.63, 3.8) is 0 Å². The van der Waals surface area contributed by atoms with E-state index in [0.717, 1.165) is 6.08 Å². The fraction of sp³-hybridized carbons (Fsp3) is 0. The molecule has 1 rings (SSSR count). The third-order valence-electron chi connectivity index (χ3n) is 1.06. The molecular weight excluding hydrogens is 158 g/mol. The number of para-hydroxylation sites is 1. The summed E-state index contributed by atoms with van der Waals surface area (Å²) >= 11 is 0. The molecule has 2 N–H and O–H groups in total. The van der Waals surface area contributed by atoms with E-state index in [4.69, 9.17) is 15.3 Å². The molecule has 0 aromatic heterocycles. The van der Waals surface area contributed by atoms with Crippen molar-refractivity contribution < 1.29 is 14.7 Å². The summed E-state index contributed by atoms with van der Waals surface area (Å²) in [5.74, 6) is 0.0347. The van der Waals surface area contributed by atoms with Gasteiger partial charge in [0.15, 0.2) is 6.29 Å². The largest absolute Gasteiger partial charge is 0.507 e. The van der Waals surface area contributed by atoms with Crippen molar-refractivity contribution in [3.8, 4) is 5.75 Å². The Kier molecular flexibility index (Phi) is 4.89. The van der Waals surface area contributed by atoms with E-state index in [0.29, 0.717) is 11.8 Å². The molecular formula is C8H7NO3. The third kappa shape index (κ3) is 3.29. The van der Waals surface area contributed by atoms with Crippen molar-refractivity contribution in [1.82, 2.24) is 0 Å². The fourth-order valence-electron chi connectivity index (χ4n) is 0.587. The summed E-state index contributed by atoms with van der Waals surface area (Å²) in [4.78, 5) is 18.4. The van der Waals surface area contributed by atoms with Crippen LogP contribution in [-0.2, 0) is 4.79 Å². The summed E-state index contributed by atoms with van der Waals surface area (Å²) in [5, 5.41) is 14.3. The topological polar surface area (TPSA) is 78.2 Å². The number of hydrogen-bond acceptors (Lipinski definition) is 4. The number of carbonyl (C=O) groups excluding carboxylic acids is 2. The summed E-state index contributed by atoms with van der Waals surface area (Å²) in [5.41, 5.74) is 0.331. The van der Waals surface area contributed by atoms with Crippen molar-refractivity contribution >= 4 is 12.4 Å². The smallest absolute Gasteiger partial charge is 0.231 e. The minimum Gasteiger partial charge on any atom is -0.507 e.